The van der Waals surface area contributed by atoms with Gasteiger partial charge in [0.25, 0.3) is 0 Å². The second kappa shape index (κ2) is 4.38. The van der Waals surface area contributed by atoms with Crippen molar-refractivity contribution in [3.63, 3.8) is 0 Å². The third kappa shape index (κ3) is 2.33. The maximum atomic E-state index is 13.7. The van der Waals surface area contributed by atoms with Gasteiger partial charge in [0, 0.05) is 23.7 Å². The molecule has 0 fully saturated rings. The summed E-state index contributed by atoms with van der Waals surface area (Å²) in [6, 6.07) is 7.35. The van der Waals surface area contributed by atoms with Crippen LogP contribution in [0.5, 0.6) is 0 Å². The molecule has 0 bridgehead atoms. The van der Waals surface area contributed by atoms with Crippen LogP contribution in [0.1, 0.15) is 0 Å². The molecule has 0 aliphatic rings. The number of sulfone groups is 1. The Labute approximate surface area is 104 Å². The van der Waals surface area contributed by atoms with E-state index in [0.717, 1.165) is 18.4 Å². The quantitative estimate of drug-likeness (QED) is 0.842. The normalized spacial score (nSPS) is 11.4. The van der Waals surface area contributed by atoms with Crippen LogP contribution in [0.15, 0.2) is 41.4 Å². The monoisotopic (exact) mass is 266 g/mol. The van der Waals surface area contributed by atoms with Crippen LogP contribution in [-0.4, -0.2) is 19.7 Å². The van der Waals surface area contributed by atoms with Gasteiger partial charge in [-0.05, 0) is 24.3 Å². The van der Waals surface area contributed by atoms with Gasteiger partial charge in [0.1, 0.15) is 10.7 Å². The van der Waals surface area contributed by atoms with Crippen LogP contribution in [0.4, 0.5) is 10.1 Å². The Balaban J connectivity index is 2.65. The van der Waals surface area contributed by atoms with Gasteiger partial charge in [-0.15, -0.1) is 0 Å². The Morgan fingerprint density at radius 2 is 2.00 bits per heavy atom. The summed E-state index contributed by atoms with van der Waals surface area (Å²) in [4.78, 5) is 3.64. The number of pyridine rings is 1. The lowest BCUT2D eigenvalue weighted by Gasteiger charge is -2.08. The molecular formula is C12H11FN2O2S. The highest BCUT2D eigenvalue weighted by Gasteiger charge is 2.17. The van der Waals surface area contributed by atoms with Crippen molar-refractivity contribution in [1.82, 2.24) is 4.98 Å². The van der Waals surface area contributed by atoms with Crippen LogP contribution in [-0.2, 0) is 9.84 Å². The molecule has 1 aromatic heterocycles. The van der Waals surface area contributed by atoms with Crippen molar-refractivity contribution < 1.29 is 12.8 Å². The van der Waals surface area contributed by atoms with Crippen molar-refractivity contribution in [2.45, 2.75) is 4.90 Å². The minimum absolute atomic E-state index is 0.176. The first kappa shape index (κ1) is 12.5. The number of halogens is 1. The smallest absolute Gasteiger partial charge is 0.178 e. The fourth-order valence-corrected chi connectivity index (χ4v) is 2.35. The first-order valence-electron chi connectivity index (χ1n) is 5.10. The molecule has 2 rings (SSSR count). The van der Waals surface area contributed by atoms with Gasteiger partial charge in [-0.25, -0.2) is 12.8 Å². The number of rotatable bonds is 2. The largest absolute Gasteiger partial charge is 0.398 e. The second-order valence-electron chi connectivity index (χ2n) is 3.86. The van der Waals surface area contributed by atoms with E-state index < -0.39 is 20.5 Å². The summed E-state index contributed by atoms with van der Waals surface area (Å²) in [5, 5.41) is 0. The summed E-state index contributed by atoms with van der Waals surface area (Å²) in [6.45, 7) is 0. The van der Waals surface area contributed by atoms with Gasteiger partial charge in [0.15, 0.2) is 9.84 Å². The number of nitrogen functional groups attached to an aromatic ring is 1. The van der Waals surface area contributed by atoms with Gasteiger partial charge < -0.3 is 5.73 Å². The molecule has 18 heavy (non-hydrogen) atoms. The molecule has 1 aromatic carbocycles. The average molecular weight is 266 g/mol. The maximum absolute atomic E-state index is 13.7. The summed E-state index contributed by atoms with van der Waals surface area (Å²) in [5.74, 6) is -0.827. The first-order chi connectivity index (χ1) is 8.39. The SMILES string of the molecule is CS(=O)(=O)c1cc(N)c(-c2ccccn2)cc1F. The highest BCUT2D eigenvalue weighted by molar-refractivity contribution is 7.90. The summed E-state index contributed by atoms with van der Waals surface area (Å²) in [7, 11) is -3.63. The predicted molar refractivity (Wildman–Crippen MR) is 67.2 cm³/mol. The average Bonchev–Trinajstić information content (AvgIpc) is 2.31. The van der Waals surface area contributed by atoms with Crippen molar-refractivity contribution in [3.8, 4) is 11.3 Å². The van der Waals surface area contributed by atoms with Crippen LogP contribution >= 0.6 is 0 Å². The highest BCUT2D eigenvalue weighted by atomic mass is 32.2. The summed E-state index contributed by atoms with van der Waals surface area (Å²) < 4.78 is 36.4. The van der Waals surface area contributed by atoms with Crippen LogP contribution in [0.3, 0.4) is 0 Å². The van der Waals surface area contributed by atoms with Crippen LogP contribution in [0.25, 0.3) is 11.3 Å². The first-order valence-corrected chi connectivity index (χ1v) is 6.99. The number of benzene rings is 1. The van der Waals surface area contributed by atoms with E-state index in [2.05, 4.69) is 4.98 Å². The highest BCUT2D eigenvalue weighted by Crippen LogP contribution is 2.28. The number of nitrogens with two attached hydrogens (primary N) is 1. The zero-order valence-electron chi connectivity index (χ0n) is 9.59. The van der Waals surface area contributed by atoms with Crippen LogP contribution in [0.2, 0.25) is 0 Å². The molecule has 0 spiro atoms. The molecule has 4 nitrogen and oxygen atoms in total. The lowest BCUT2D eigenvalue weighted by Crippen LogP contribution is -2.03. The predicted octanol–water partition coefficient (Wildman–Crippen LogP) is 1.87. The van der Waals surface area contributed by atoms with Crippen LogP contribution in [0, 0.1) is 5.82 Å². The fraction of sp³-hybridized carbons (Fsp3) is 0.0833. The van der Waals surface area contributed by atoms with Gasteiger partial charge in [-0.2, -0.15) is 0 Å². The van der Waals surface area contributed by atoms with Crippen molar-refractivity contribution in [2.24, 2.45) is 0 Å². The van der Waals surface area contributed by atoms with Crippen LogP contribution < -0.4 is 5.73 Å². The Hall–Kier alpha value is -1.95. The van der Waals surface area contributed by atoms with E-state index in [1.165, 1.54) is 0 Å². The third-order valence-electron chi connectivity index (χ3n) is 2.44. The van der Waals surface area contributed by atoms with Gasteiger partial charge in [-0.3, -0.25) is 4.98 Å². The minimum Gasteiger partial charge on any atom is -0.398 e. The third-order valence-corrected chi connectivity index (χ3v) is 3.56. The van der Waals surface area contributed by atoms with Gasteiger partial charge >= 0.3 is 0 Å². The molecule has 6 heteroatoms. The van der Waals surface area contributed by atoms with Gasteiger partial charge in [-0.1, -0.05) is 6.07 Å². The minimum atomic E-state index is -3.63. The Morgan fingerprint density at radius 1 is 1.28 bits per heavy atom. The van der Waals surface area contributed by atoms with E-state index in [4.69, 9.17) is 5.73 Å². The second-order valence-corrected chi connectivity index (χ2v) is 5.84. The molecule has 0 aliphatic carbocycles. The Bertz CT molecular complexity index is 685. The lowest BCUT2D eigenvalue weighted by atomic mass is 10.1. The molecule has 2 N–H and O–H groups in total. The van der Waals surface area contributed by atoms with E-state index in [1.807, 2.05) is 0 Å². The number of anilines is 1. The number of nitrogens with zero attached hydrogens (tertiary/aromatic N) is 1. The van der Waals surface area contributed by atoms with Crippen molar-refractivity contribution in [2.75, 3.05) is 12.0 Å². The zero-order chi connectivity index (χ0) is 13.3. The lowest BCUT2D eigenvalue weighted by molar-refractivity contribution is 0.571. The number of hydrogen-bond acceptors (Lipinski definition) is 4. The summed E-state index contributed by atoms with van der Waals surface area (Å²) >= 11 is 0. The molecular weight excluding hydrogens is 255 g/mol. The fourth-order valence-electron chi connectivity index (χ4n) is 1.60. The maximum Gasteiger partial charge on any atom is 0.178 e. The van der Waals surface area contributed by atoms with Crippen molar-refractivity contribution >= 4 is 15.5 Å². The molecule has 0 aliphatic heterocycles. The number of aromatic nitrogens is 1. The molecule has 0 saturated carbocycles. The molecule has 0 unspecified atom stereocenters. The molecule has 2 aromatic rings. The van der Waals surface area contributed by atoms with E-state index in [-0.39, 0.29) is 5.69 Å². The molecule has 94 valence electrons. The molecule has 0 saturated heterocycles. The molecule has 0 radical (unpaired) electrons. The Kier molecular flexibility index (Phi) is 3.04. The number of hydrogen-bond donors (Lipinski definition) is 1. The summed E-state index contributed by atoms with van der Waals surface area (Å²) in [6.07, 6.45) is 2.49. The van der Waals surface area contributed by atoms with Crippen molar-refractivity contribution in [3.05, 3.63) is 42.3 Å². The van der Waals surface area contributed by atoms with E-state index in [1.54, 1.807) is 24.4 Å². The van der Waals surface area contributed by atoms with E-state index >= 15 is 0 Å². The van der Waals surface area contributed by atoms with E-state index in [0.29, 0.717) is 11.3 Å². The van der Waals surface area contributed by atoms with E-state index in [9.17, 15) is 12.8 Å². The molecule has 0 amide bonds. The zero-order valence-corrected chi connectivity index (χ0v) is 10.4. The van der Waals surface area contributed by atoms with Crippen molar-refractivity contribution in [1.29, 1.82) is 0 Å². The Morgan fingerprint density at radius 3 is 2.56 bits per heavy atom. The topological polar surface area (TPSA) is 73.0 Å². The van der Waals surface area contributed by atoms with Gasteiger partial charge in [0.05, 0.1) is 5.69 Å². The van der Waals surface area contributed by atoms with Gasteiger partial charge in [0.2, 0.25) is 0 Å². The molecule has 0 atom stereocenters. The molecule has 1 heterocycles. The standard InChI is InChI=1S/C12H11FN2O2S/c1-18(16,17)12-7-10(14)8(6-9(12)13)11-4-2-3-5-15-11/h2-7H,14H2,1H3. The summed E-state index contributed by atoms with van der Waals surface area (Å²) in [5.41, 5.74) is 6.79.